The van der Waals surface area contributed by atoms with E-state index in [-0.39, 0.29) is 7.43 Å². The zero-order valence-electron chi connectivity index (χ0n) is 12.0. The van der Waals surface area contributed by atoms with Gasteiger partial charge in [-0.2, -0.15) is 17.7 Å². The highest BCUT2D eigenvalue weighted by Gasteiger charge is 1.71. The molecule has 114 valence electrons. The minimum atomic E-state index is 0. The Labute approximate surface area is 119 Å². The van der Waals surface area contributed by atoms with E-state index >= 15 is 0 Å². The van der Waals surface area contributed by atoms with Gasteiger partial charge in [-0.15, -0.1) is 0 Å². The van der Waals surface area contributed by atoms with Crippen LogP contribution in [0.3, 0.4) is 0 Å². The second-order valence-corrected chi connectivity index (χ2v) is 3.58. The molecule has 0 aliphatic heterocycles. The molecule has 0 aromatic heterocycles. The first-order valence-corrected chi connectivity index (χ1v) is 7.03. The average molecular weight is 282 g/mol. The molecular formula is C13H34N2O2S. The average Bonchev–Trinajstić information content (AvgIpc) is 2.29. The highest BCUT2D eigenvalue weighted by molar-refractivity contribution is 7.97. The Kier molecular flexibility index (Phi) is 74.4. The van der Waals surface area contributed by atoms with Gasteiger partial charge in [0.15, 0.2) is 0 Å². The first-order chi connectivity index (χ1) is 8.01. The van der Waals surface area contributed by atoms with Crippen LogP contribution in [0.25, 0.3) is 0 Å². The smallest absolute Gasteiger partial charge is 0.113 e. The molecule has 0 saturated heterocycles. The molecule has 4 N–H and O–H groups in total. The molecular weight excluding hydrogens is 248 g/mol. The van der Waals surface area contributed by atoms with Crippen molar-refractivity contribution >= 4 is 11.8 Å². The van der Waals surface area contributed by atoms with E-state index in [2.05, 4.69) is 43.1 Å². The molecule has 0 fully saturated rings. The van der Waals surface area contributed by atoms with Gasteiger partial charge in [0.25, 0.3) is 0 Å². The highest BCUT2D eigenvalue weighted by Crippen LogP contribution is 1.76. The van der Waals surface area contributed by atoms with Gasteiger partial charge in [0.05, 0.1) is 6.26 Å². The van der Waals surface area contributed by atoms with E-state index in [0.717, 1.165) is 19.4 Å². The second kappa shape index (κ2) is 44.1. The van der Waals surface area contributed by atoms with Gasteiger partial charge < -0.3 is 15.3 Å². The number of nitrogens with one attached hydrogen (secondary N) is 1. The van der Waals surface area contributed by atoms with Crippen molar-refractivity contribution < 1.29 is 9.94 Å². The Morgan fingerprint density at radius 2 is 1.72 bits per heavy atom. The molecule has 5 heteroatoms. The summed E-state index contributed by atoms with van der Waals surface area (Å²) in [5, 5.41) is 10.5. The van der Waals surface area contributed by atoms with Crippen LogP contribution < -0.4 is 11.2 Å². The lowest BCUT2D eigenvalue weighted by Crippen LogP contribution is -2.12. The number of nitrogens with two attached hydrogens (primary N) is 1. The van der Waals surface area contributed by atoms with Crippen LogP contribution >= 0.6 is 11.8 Å². The van der Waals surface area contributed by atoms with Crippen LogP contribution in [0.4, 0.5) is 0 Å². The van der Waals surface area contributed by atoms with E-state index in [1.165, 1.54) is 6.42 Å². The van der Waals surface area contributed by atoms with Gasteiger partial charge in [-0.25, -0.2) is 0 Å². The van der Waals surface area contributed by atoms with Gasteiger partial charge >= 0.3 is 0 Å². The third-order valence-electron chi connectivity index (χ3n) is 0.878. The fraction of sp³-hybridized carbons (Fsp3) is 0.692. The number of hydrogen-bond acceptors (Lipinski definition) is 5. The number of allylic oxidation sites excluding steroid dienone is 1. The van der Waals surface area contributed by atoms with Crippen molar-refractivity contribution in [3.8, 4) is 0 Å². The third kappa shape index (κ3) is 167. The van der Waals surface area contributed by atoms with Crippen molar-refractivity contribution in [1.82, 2.24) is 5.32 Å². The van der Waals surface area contributed by atoms with Crippen molar-refractivity contribution in [2.24, 2.45) is 5.90 Å². The summed E-state index contributed by atoms with van der Waals surface area (Å²) in [6.45, 7) is 14.5. The van der Waals surface area contributed by atoms with E-state index in [0.29, 0.717) is 5.76 Å². The van der Waals surface area contributed by atoms with Gasteiger partial charge in [0.2, 0.25) is 0 Å². The number of rotatable bonds is 4. The normalized spacial score (nSPS) is 6.56. The van der Waals surface area contributed by atoms with Crippen LogP contribution in [-0.4, -0.2) is 30.7 Å². The number of hydrogen-bond donors (Lipinski definition) is 3. The molecule has 4 nitrogen and oxygen atoms in total. The quantitative estimate of drug-likeness (QED) is 0.416. The molecule has 0 amide bonds. The third-order valence-corrected chi connectivity index (χ3v) is 0.878. The SMILES string of the molecule is C.C=C(C)ON.C=CO.CCCNCC.CSC. The maximum atomic E-state index is 7.33. The van der Waals surface area contributed by atoms with Crippen LogP contribution in [0.5, 0.6) is 0 Å². The first kappa shape index (κ1) is 30.4. The Bertz CT molecular complexity index is 130. The molecule has 0 atom stereocenters. The standard InChI is InChI=1S/C5H13N.C3H7NO.C2H4O.C2H6S.CH4/c1-3-5-6-4-2;1-3(2)5-4;1-2-3;1-3-2;/h6H,3-5H2,1-2H3;1,4H2,2H3;2-3H,1H2;1-2H3;1H4. The van der Waals surface area contributed by atoms with Gasteiger partial charge in [-0.05, 0) is 38.9 Å². The van der Waals surface area contributed by atoms with Gasteiger partial charge in [0.1, 0.15) is 5.76 Å². The molecule has 0 saturated carbocycles. The summed E-state index contributed by atoms with van der Waals surface area (Å²) in [6.07, 6.45) is 6.08. The van der Waals surface area contributed by atoms with E-state index in [4.69, 9.17) is 5.11 Å². The summed E-state index contributed by atoms with van der Waals surface area (Å²) >= 11 is 1.75. The van der Waals surface area contributed by atoms with Crippen LogP contribution in [0.15, 0.2) is 25.2 Å². The summed E-state index contributed by atoms with van der Waals surface area (Å²) in [6, 6.07) is 0. The van der Waals surface area contributed by atoms with Gasteiger partial charge in [0, 0.05) is 0 Å². The molecule has 0 rings (SSSR count). The maximum absolute atomic E-state index is 7.33. The monoisotopic (exact) mass is 282 g/mol. The molecule has 0 spiro atoms. The van der Waals surface area contributed by atoms with Crippen molar-refractivity contribution in [2.75, 3.05) is 25.6 Å². The molecule has 0 radical (unpaired) electrons. The largest absolute Gasteiger partial charge is 0.516 e. The molecule has 0 heterocycles. The van der Waals surface area contributed by atoms with Gasteiger partial charge in [-0.3, -0.25) is 0 Å². The van der Waals surface area contributed by atoms with Crippen molar-refractivity contribution in [3.05, 3.63) is 25.2 Å². The minimum Gasteiger partial charge on any atom is -0.516 e. The Hall–Kier alpha value is -0.650. The minimum absolute atomic E-state index is 0. The number of aliphatic hydroxyl groups excluding tert-OH is 1. The summed E-state index contributed by atoms with van der Waals surface area (Å²) in [4.78, 5) is 4.06. The molecule has 0 aliphatic carbocycles. The zero-order valence-corrected chi connectivity index (χ0v) is 12.8. The molecule has 0 aliphatic rings. The molecule has 18 heavy (non-hydrogen) atoms. The van der Waals surface area contributed by atoms with Gasteiger partial charge in [-0.1, -0.05) is 34.4 Å². The first-order valence-electron chi connectivity index (χ1n) is 5.40. The van der Waals surface area contributed by atoms with Crippen LogP contribution in [0, 0.1) is 0 Å². The van der Waals surface area contributed by atoms with Crippen molar-refractivity contribution in [1.29, 1.82) is 0 Å². The highest BCUT2D eigenvalue weighted by atomic mass is 32.2. The Balaban J connectivity index is -0.0000000429. The fourth-order valence-electron chi connectivity index (χ4n) is 0.354. The lowest BCUT2D eigenvalue weighted by molar-refractivity contribution is 0.224. The molecule has 0 unspecified atom stereocenters. The summed E-state index contributed by atoms with van der Waals surface area (Å²) < 4.78 is 0. The van der Waals surface area contributed by atoms with Crippen LogP contribution in [-0.2, 0) is 4.84 Å². The fourth-order valence-corrected chi connectivity index (χ4v) is 0.354. The molecule has 0 aromatic rings. The number of aliphatic hydroxyl groups is 1. The number of thioether (sulfide) groups is 1. The topological polar surface area (TPSA) is 67.5 Å². The van der Waals surface area contributed by atoms with Crippen LogP contribution in [0.1, 0.15) is 34.6 Å². The summed E-state index contributed by atoms with van der Waals surface area (Å²) in [5.74, 6) is 5.10. The van der Waals surface area contributed by atoms with E-state index < -0.39 is 0 Å². The Morgan fingerprint density at radius 3 is 1.78 bits per heavy atom. The van der Waals surface area contributed by atoms with Crippen molar-refractivity contribution in [2.45, 2.75) is 34.6 Å². The van der Waals surface area contributed by atoms with Crippen molar-refractivity contribution in [3.63, 3.8) is 0 Å². The lowest BCUT2D eigenvalue weighted by atomic mass is 10.5. The molecule has 0 bridgehead atoms. The predicted octanol–water partition coefficient (Wildman–Crippen LogP) is 3.72. The van der Waals surface area contributed by atoms with E-state index in [1.807, 2.05) is 12.5 Å². The second-order valence-electron chi connectivity index (χ2n) is 2.76. The zero-order chi connectivity index (χ0) is 14.5. The van der Waals surface area contributed by atoms with Crippen LogP contribution in [0.2, 0.25) is 0 Å². The van der Waals surface area contributed by atoms with E-state index in [9.17, 15) is 0 Å². The molecule has 0 aromatic carbocycles. The maximum Gasteiger partial charge on any atom is 0.113 e. The lowest BCUT2D eigenvalue weighted by Gasteiger charge is -1.91. The Morgan fingerprint density at radius 1 is 1.44 bits per heavy atom. The summed E-state index contributed by atoms with van der Waals surface area (Å²) in [7, 11) is 0. The summed E-state index contributed by atoms with van der Waals surface area (Å²) in [5.41, 5.74) is 0. The van der Waals surface area contributed by atoms with E-state index in [1.54, 1.807) is 18.7 Å². The predicted molar refractivity (Wildman–Crippen MR) is 87.9 cm³/mol.